The summed E-state index contributed by atoms with van der Waals surface area (Å²) in [5.41, 5.74) is 3.11. The quantitative estimate of drug-likeness (QED) is 0.799. The van der Waals surface area contributed by atoms with Gasteiger partial charge in [-0.05, 0) is 37.0 Å². The molecule has 0 aliphatic carbocycles. The van der Waals surface area contributed by atoms with Gasteiger partial charge in [-0.15, -0.1) is 0 Å². The van der Waals surface area contributed by atoms with Crippen molar-refractivity contribution in [3.63, 3.8) is 0 Å². The lowest BCUT2D eigenvalue weighted by molar-refractivity contribution is -0.138. The van der Waals surface area contributed by atoms with Crippen LogP contribution in [-0.4, -0.2) is 11.1 Å². The Morgan fingerprint density at radius 1 is 1.36 bits per heavy atom. The second-order valence-electron chi connectivity index (χ2n) is 3.60. The van der Waals surface area contributed by atoms with E-state index in [0.717, 1.165) is 16.7 Å². The minimum absolute atomic E-state index is 0.365. The molecule has 0 bridgehead atoms. The highest BCUT2D eigenvalue weighted by atomic mass is 16.4. The fourth-order valence-corrected chi connectivity index (χ4v) is 1.88. The Hall–Kier alpha value is -1.31. The van der Waals surface area contributed by atoms with Crippen LogP contribution in [0.5, 0.6) is 0 Å². The number of benzene rings is 1. The maximum absolute atomic E-state index is 11.0. The van der Waals surface area contributed by atoms with Gasteiger partial charge in [0.15, 0.2) is 0 Å². The molecule has 1 unspecified atom stereocenters. The van der Waals surface area contributed by atoms with Crippen molar-refractivity contribution in [1.29, 1.82) is 0 Å². The molecule has 1 aromatic rings. The molecule has 14 heavy (non-hydrogen) atoms. The molecule has 0 fully saturated rings. The van der Waals surface area contributed by atoms with E-state index in [2.05, 4.69) is 0 Å². The average Bonchev–Trinajstić information content (AvgIpc) is 2.10. The number of carboxylic acids is 1. The highest BCUT2D eigenvalue weighted by molar-refractivity contribution is 5.77. The highest BCUT2D eigenvalue weighted by Gasteiger charge is 2.20. The van der Waals surface area contributed by atoms with Crippen molar-refractivity contribution in [3.8, 4) is 0 Å². The van der Waals surface area contributed by atoms with E-state index in [0.29, 0.717) is 6.42 Å². The van der Waals surface area contributed by atoms with E-state index in [-0.39, 0.29) is 5.92 Å². The number of carboxylic acid groups (broad SMARTS) is 1. The molecule has 76 valence electrons. The molecule has 1 aromatic carbocycles. The normalized spacial score (nSPS) is 12.5. The average molecular weight is 192 g/mol. The summed E-state index contributed by atoms with van der Waals surface area (Å²) in [5, 5.41) is 9.08. The Morgan fingerprint density at radius 2 is 1.86 bits per heavy atom. The van der Waals surface area contributed by atoms with E-state index in [9.17, 15) is 4.79 Å². The van der Waals surface area contributed by atoms with Crippen LogP contribution in [0.4, 0.5) is 0 Å². The zero-order chi connectivity index (χ0) is 10.7. The van der Waals surface area contributed by atoms with Crippen LogP contribution >= 0.6 is 0 Å². The molecule has 0 amide bonds. The Kier molecular flexibility index (Phi) is 3.28. The fraction of sp³-hybridized carbons (Fsp3) is 0.417. The monoisotopic (exact) mass is 192 g/mol. The lowest BCUT2D eigenvalue weighted by Crippen LogP contribution is -2.13. The summed E-state index contributed by atoms with van der Waals surface area (Å²) in [6.07, 6.45) is 0.640. The van der Waals surface area contributed by atoms with Gasteiger partial charge in [-0.25, -0.2) is 0 Å². The molecule has 1 rings (SSSR count). The highest BCUT2D eigenvalue weighted by Crippen LogP contribution is 2.26. The second kappa shape index (κ2) is 4.27. The molecule has 0 aliphatic rings. The van der Waals surface area contributed by atoms with Crippen molar-refractivity contribution in [2.75, 3.05) is 0 Å². The lowest BCUT2D eigenvalue weighted by Gasteiger charge is -2.15. The van der Waals surface area contributed by atoms with Gasteiger partial charge in [-0.1, -0.05) is 25.1 Å². The van der Waals surface area contributed by atoms with Crippen molar-refractivity contribution < 1.29 is 9.90 Å². The number of rotatable bonds is 3. The fourth-order valence-electron chi connectivity index (χ4n) is 1.88. The smallest absolute Gasteiger partial charge is 0.310 e. The van der Waals surface area contributed by atoms with Gasteiger partial charge in [0.2, 0.25) is 0 Å². The van der Waals surface area contributed by atoms with Crippen LogP contribution in [0.25, 0.3) is 0 Å². The number of aliphatic carboxylic acids is 1. The summed E-state index contributed by atoms with van der Waals surface area (Å²) in [5.74, 6) is -1.10. The first kappa shape index (κ1) is 10.8. The van der Waals surface area contributed by atoms with Gasteiger partial charge in [-0.3, -0.25) is 4.79 Å². The van der Waals surface area contributed by atoms with Crippen LogP contribution in [0.1, 0.15) is 36.0 Å². The van der Waals surface area contributed by atoms with E-state index in [4.69, 9.17) is 5.11 Å². The molecule has 0 aromatic heterocycles. The van der Waals surface area contributed by atoms with Crippen molar-refractivity contribution in [1.82, 2.24) is 0 Å². The van der Waals surface area contributed by atoms with Crippen LogP contribution in [0.3, 0.4) is 0 Å². The van der Waals surface area contributed by atoms with Gasteiger partial charge < -0.3 is 5.11 Å². The first-order valence-electron chi connectivity index (χ1n) is 4.86. The van der Waals surface area contributed by atoms with Crippen molar-refractivity contribution >= 4 is 5.97 Å². The SMILES string of the molecule is CCC(C(=O)O)c1c(C)cccc1C. The zero-order valence-corrected chi connectivity index (χ0v) is 8.87. The van der Waals surface area contributed by atoms with Crippen molar-refractivity contribution in [2.45, 2.75) is 33.1 Å². The van der Waals surface area contributed by atoms with E-state index in [1.807, 2.05) is 39.0 Å². The number of hydrogen-bond donors (Lipinski definition) is 1. The Morgan fingerprint density at radius 3 is 2.21 bits per heavy atom. The molecule has 0 saturated heterocycles. The molecule has 0 heterocycles. The third-order valence-electron chi connectivity index (χ3n) is 2.60. The molecule has 2 nitrogen and oxygen atoms in total. The molecule has 0 saturated carbocycles. The van der Waals surface area contributed by atoms with E-state index in [1.165, 1.54) is 0 Å². The third kappa shape index (κ3) is 1.95. The Balaban J connectivity index is 3.22. The van der Waals surface area contributed by atoms with E-state index < -0.39 is 5.97 Å². The molecule has 1 N–H and O–H groups in total. The van der Waals surface area contributed by atoms with Gasteiger partial charge >= 0.3 is 5.97 Å². The van der Waals surface area contributed by atoms with Gasteiger partial charge in [0.1, 0.15) is 0 Å². The van der Waals surface area contributed by atoms with Gasteiger partial charge in [0.25, 0.3) is 0 Å². The first-order chi connectivity index (χ1) is 6.57. The van der Waals surface area contributed by atoms with Gasteiger partial charge in [0, 0.05) is 0 Å². The molecular formula is C12H16O2. The Bertz CT molecular complexity index is 322. The molecule has 1 atom stereocenters. The van der Waals surface area contributed by atoms with Gasteiger partial charge in [-0.2, -0.15) is 0 Å². The number of aryl methyl sites for hydroxylation is 2. The standard InChI is InChI=1S/C12H16O2/c1-4-10(12(13)14)11-8(2)6-5-7-9(11)3/h5-7,10H,4H2,1-3H3,(H,13,14). The molecule has 2 heteroatoms. The summed E-state index contributed by atoms with van der Waals surface area (Å²) in [6.45, 7) is 5.84. The third-order valence-corrected chi connectivity index (χ3v) is 2.60. The zero-order valence-electron chi connectivity index (χ0n) is 8.87. The summed E-state index contributed by atoms with van der Waals surface area (Å²) in [4.78, 5) is 11.0. The number of carbonyl (C=O) groups is 1. The van der Waals surface area contributed by atoms with Crippen molar-refractivity contribution in [3.05, 3.63) is 34.9 Å². The largest absolute Gasteiger partial charge is 0.481 e. The predicted molar refractivity (Wildman–Crippen MR) is 56.6 cm³/mol. The second-order valence-corrected chi connectivity index (χ2v) is 3.60. The molecule has 0 aliphatic heterocycles. The molecule has 0 radical (unpaired) electrons. The van der Waals surface area contributed by atoms with Crippen LogP contribution < -0.4 is 0 Å². The number of hydrogen-bond acceptors (Lipinski definition) is 1. The minimum Gasteiger partial charge on any atom is -0.481 e. The van der Waals surface area contributed by atoms with Crippen LogP contribution in [0.2, 0.25) is 0 Å². The van der Waals surface area contributed by atoms with Crippen LogP contribution in [0.15, 0.2) is 18.2 Å². The predicted octanol–water partition coefficient (Wildman–Crippen LogP) is 2.88. The van der Waals surface area contributed by atoms with E-state index in [1.54, 1.807) is 0 Å². The summed E-state index contributed by atoms with van der Waals surface area (Å²) in [6, 6.07) is 5.89. The minimum atomic E-state index is -0.732. The molecular weight excluding hydrogens is 176 g/mol. The first-order valence-corrected chi connectivity index (χ1v) is 4.86. The summed E-state index contributed by atoms with van der Waals surface area (Å²) in [7, 11) is 0. The molecule has 0 spiro atoms. The van der Waals surface area contributed by atoms with E-state index >= 15 is 0 Å². The maximum atomic E-state index is 11.0. The topological polar surface area (TPSA) is 37.3 Å². The van der Waals surface area contributed by atoms with Crippen LogP contribution in [0, 0.1) is 13.8 Å². The lowest BCUT2D eigenvalue weighted by atomic mass is 9.89. The van der Waals surface area contributed by atoms with Gasteiger partial charge in [0.05, 0.1) is 5.92 Å². The maximum Gasteiger partial charge on any atom is 0.310 e. The Labute approximate surface area is 84.6 Å². The van der Waals surface area contributed by atoms with Crippen molar-refractivity contribution in [2.24, 2.45) is 0 Å². The summed E-state index contributed by atoms with van der Waals surface area (Å²) < 4.78 is 0. The van der Waals surface area contributed by atoms with Crippen LogP contribution in [-0.2, 0) is 4.79 Å². The summed E-state index contributed by atoms with van der Waals surface area (Å²) >= 11 is 0.